The molecule has 1 unspecified atom stereocenters. The number of anilines is 1. The molecular weight excluding hydrogens is 396 g/mol. The number of hydrogen-bond acceptors (Lipinski definition) is 4. The number of ether oxygens (including phenoxy) is 1. The van der Waals surface area contributed by atoms with Gasteiger partial charge in [0.15, 0.2) is 0 Å². The largest absolute Gasteiger partial charge is 0.489 e. The van der Waals surface area contributed by atoms with E-state index in [2.05, 4.69) is 4.72 Å². The summed E-state index contributed by atoms with van der Waals surface area (Å²) >= 11 is 4.44. The minimum absolute atomic E-state index is 0.178. The number of para-hydroxylation sites is 1. The van der Waals surface area contributed by atoms with Gasteiger partial charge in [-0.2, -0.15) is 5.26 Å². The van der Waals surface area contributed by atoms with Crippen molar-refractivity contribution in [2.75, 3.05) is 4.72 Å². The Morgan fingerprint density at radius 1 is 1.07 bits per heavy atom. The van der Waals surface area contributed by atoms with Gasteiger partial charge in [0, 0.05) is 22.6 Å². The van der Waals surface area contributed by atoms with Gasteiger partial charge in [-0.05, 0) is 24.3 Å². The Morgan fingerprint density at radius 3 is 2.29 bits per heavy atom. The lowest BCUT2D eigenvalue weighted by Gasteiger charge is -2.61. The van der Waals surface area contributed by atoms with Gasteiger partial charge in [-0.3, -0.25) is 8.91 Å². The topological polar surface area (TPSA) is 71.3 Å². The summed E-state index contributed by atoms with van der Waals surface area (Å²) < 4.78 is 27.4. The zero-order chi connectivity index (χ0) is 20.5. The fourth-order valence-electron chi connectivity index (χ4n) is 4.16. The molecule has 0 aliphatic heterocycles. The monoisotopic (exact) mass is 418 g/mol. The van der Waals surface area contributed by atoms with E-state index in [4.69, 9.17) is 25.8 Å². The molecule has 2 aromatic rings. The van der Waals surface area contributed by atoms with Crippen LogP contribution in [0.2, 0.25) is 5.02 Å². The van der Waals surface area contributed by atoms with Crippen LogP contribution >= 0.6 is 11.6 Å². The molecule has 0 heterocycles. The number of nitrogens with zero attached hydrogens (tertiary/aromatic N) is 1. The molecule has 1 aliphatic rings. The summed E-state index contributed by atoms with van der Waals surface area (Å²) in [5.41, 5.74) is 0.385. The van der Waals surface area contributed by atoms with E-state index < -0.39 is 11.3 Å². The molecule has 0 aromatic heterocycles. The summed E-state index contributed by atoms with van der Waals surface area (Å²) in [5.74, 6) is 0.595. The van der Waals surface area contributed by atoms with E-state index in [1.54, 1.807) is 18.2 Å². The molecule has 28 heavy (non-hydrogen) atoms. The second-order valence-electron chi connectivity index (χ2n) is 8.07. The van der Waals surface area contributed by atoms with Crippen molar-refractivity contribution in [1.82, 2.24) is 0 Å². The molecule has 0 spiro atoms. The first-order chi connectivity index (χ1) is 13.2. The average molecular weight is 419 g/mol. The molecule has 148 valence electrons. The average Bonchev–Trinajstić information content (AvgIpc) is 2.65. The third-order valence-electron chi connectivity index (χ3n) is 5.18. The third kappa shape index (κ3) is 3.88. The van der Waals surface area contributed by atoms with Gasteiger partial charge >= 0.3 is 0 Å². The minimum atomic E-state index is -1.68. The van der Waals surface area contributed by atoms with Gasteiger partial charge in [-0.1, -0.05) is 57.5 Å². The van der Waals surface area contributed by atoms with Crippen molar-refractivity contribution < 1.29 is 13.1 Å². The van der Waals surface area contributed by atoms with Crippen LogP contribution in [0.25, 0.3) is 0 Å². The highest BCUT2D eigenvalue weighted by Gasteiger charge is 2.65. The van der Waals surface area contributed by atoms with Crippen molar-refractivity contribution in [1.29, 1.82) is 5.26 Å². The van der Waals surface area contributed by atoms with Crippen molar-refractivity contribution in [2.45, 2.75) is 39.9 Å². The summed E-state index contributed by atoms with van der Waals surface area (Å²) in [6, 6.07) is 16.3. The molecule has 0 amide bonds. The Hall–Kier alpha value is -2.07. The molecule has 1 fully saturated rings. The Morgan fingerprint density at radius 2 is 1.71 bits per heavy atom. The van der Waals surface area contributed by atoms with Crippen LogP contribution in [0.15, 0.2) is 48.5 Å². The summed E-state index contributed by atoms with van der Waals surface area (Å²) in [4.78, 5) is 0. The fraction of sp³-hybridized carbons (Fsp3) is 0.381. The predicted octanol–water partition coefficient (Wildman–Crippen LogP) is 5.10. The lowest BCUT2D eigenvalue weighted by molar-refractivity contribution is -0.221. The number of nitrogens with one attached hydrogen (secondary N) is 1. The summed E-state index contributed by atoms with van der Waals surface area (Å²) in [7, 11) is 0. The highest BCUT2D eigenvalue weighted by molar-refractivity contribution is 7.81. The highest BCUT2D eigenvalue weighted by Crippen LogP contribution is 2.57. The molecule has 5 nitrogen and oxygen atoms in total. The third-order valence-corrected chi connectivity index (χ3v) is 6.26. The SMILES string of the molecule is CC1(C)C(Oc2ccc(C#N)c(Cl)c2)C(C)(C)C1OS(=O)Nc1ccccc1. The van der Waals surface area contributed by atoms with Crippen molar-refractivity contribution in [3.63, 3.8) is 0 Å². The minimum Gasteiger partial charge on any atom is -0.489 e. The van der Waals surface area contributed by atoms with Crippen LogP contribution in [-0.4, -0.2) is 16.4 Å². The van der Waals surface area contributed by atoms with E-state index in [9.17, 15) is 4.21 Å². The zero-order valence-corrected chi connectivity index (χ0v) is 17.8. The van der Waals surface area contributed by atoms with Crippen LogP contribution in [0.4, 0.5) is 5.69 Å². The van der Waals surface area contributed by atoms with E-state index in [1.807, 2.05) is 64.1 Å². The standard InChI is InChI=1S/C21H23ClN2O3S/c1-20(2)18(26-16-11-10-14(13-23)17(22)12-16)21(3,4)19(20)27-28(25)24-15-8-6-5-7-9-15/h5-12,18-19,24H,1-4H3. The molecular formula is C21H23ClN2O3S. The number of rotatable bonds is 6. The van der Waals surface area contributed by atoms with Gasteiger partial charge in [0.1, 0.15) is 17.9 Å². The smallest absolute Gasteiger partial charge is 0.262 e. The molecule has 0 saturated heterocycles. The second-order valence-corrected chi connectivity index (χ2v) is 9.35. The van der Waals surface area contributed by atoms with Crippen LogP contribution < -0.4 is 9.46 Å². The van der Waals surface area contributed by atoms with Crippen molar-refractivity contribution >= 4 is 28.6 Å². The van der Waals surface area contributed by atoms with Crippen LogP contribution in [-0.2, 0) is 15.4 Å². The molecule has 1 atom stereocenters. The molecule has 0 bridgehead atoms. The summed E-state index contributed by atoms with van der Waals surface area (Å²) in [5, 5.41) is 9.37. The molecule has 1 saturated carbocycles. The van der Waals surface area contributed by atoms with Crippen molar-refractivity contribution in [3.8, 4) is 11.8 Å². The van der Waals surface area contributed by atoms with Gasteiger partial charge in [0.05, 0.1) is 16.7 Å². The molecule has 1 N–H and O–H groups in total. The molecule has 2 aromatic carbocycles. The van der Waals surface area contributed by atoms with E-state index in [0.29, 0.717) is 16.3 Å². The Labute approximate surface area is 173 Å². The molecule has 0 radical (unpaired) electrons. The normalized spacial score (nSPS) is 23.1. The van der Waals surface area contributed by atoms with Crippen LogP contribution in [0.5, 0.6) is 5.75 Å². The molecule has 3 rings (SSSR count). The maximum absolute atomic E-state index is 12.5. The van der Waals surface area contributed by atoms with E-state index >= 15 is 0 Å². The highest BCUT2D eigenvalue weighted by atomic mass is 35.5. The number of nitriles is 1. The summed E-state index contributed by atoms with van der Waals surface area (Å²) in [6.45, 7) is 8.11. The van der Waals surface area contributed by atoms with Gasteiger partial charge in [0.25, 0.3) is 11.3 Å². The van der Waals surface area contributed by atoms with Gasteiger partial charge in [-0.15, -0.1) is 0 Å². The first-order valence-electron chi connectivity index (χ1n) is 8.93. The van der Waals surface area contributed by atoms with Crippen LogP contribution in [0.1, 0.15) is 33.3 Å². The first kappa shape index (κ1) is 20.7. The molecule has 7 heteroatoms. The number of benzene rings is 2. The lowest BCUT2D eigenvalue weighted by Crippen LogP contribution is -2.70. The number of halogens is 1. The van der Waals surface area contributed by atoms with Gasteiger partial charge < -0.3 is 4.74 Å². The Balaban J connectivity index is 1.70. The lowest BCUT2D eigenvalue weighted by atomic mass is 9.51. The maximum atomic E-state index is 12.5. The van der Waals surface area contributed by atoms with Gasteiger partial charge in [0.2, 0.25) is 0 Å². The molecule has 1 aliphatic carbocycles. The van der Waals surface area contributed by atoms with Crippen LogP contribution in [0, 0.1) is 22.2 Å². The Bertz CT molecular complexity index is 909. The van der Waals surface area contributed by atoms with E-state index in [-0.39, 0.29) is 23.0 Å². The van der Waals surface area contributed by atoms with Gasteiger partial charge in [-0.25, -0.2) is 4.21 Å². The predicted molar refractivity (Wildman–Crippen MR) is 111 cm³/mol. The number of hydrogen-bond donors (Lipinski definition) is 1. The first-order valence-corrected chi connectivity index (χ1v) is 10.4. The van der Waals surface area contributed by atoms with Crippen molar-refractivity contribution in [3.05, 3.63) is 59.1 Å². The maximum Gasteiger partial charge on any atom is 0.262 e. The summed E-state index contributed by atoms with van der Waals surface area (Å²) in [6.07, 6.45) is -0.460. The van der Waals surface area contributed by atoms with Crippen molar-refractivity contribution in [2.24, 2.45) is 10.8 Å². The van der Waals surface area contributed by atoms with E-state index in [0.717, 1.165) is 5.69 Å². The fourth-order valence-corrected chi connectivity index (χ4v) is 5.42. The Kier molecular flexibility index (Phi) is 5.72. The van der Waals surface area contributed by atoms with E-state index in [1.165, 1.54) is 0 Å². The zero-order valence-electron chi connectivity index (χ0n) is 16.2. The quantitative estimate of drug-likeness (QED) is 0.708. The van der Waals surface area contributed by atoms with Crippen LogP contribution in [0.3, 0.4) is 0 Å². The second kappa shape index (κ2) is 7.75.